The number of hydrogen-bond donors (Lipinski definition) is 1. The molecule has 0 spiro atoms. The fraction of sp³-hybridized carbons (Fsp3) is 0.667. The van der Waals surface area contributed by atoms with E-state index in [1.165, 1.54) is 0 Å². The van der Waals surface area contributed by atoms with E-state index in [1.54, 1.807) is 30.8 Å². The lowest BCUT2D eigenvalue weighted by atomic mass is 10.2. The van der Waals surface area contributed by atoms with E-state index in [9.17, 15) is 14.4 Å². The van der Waals surface area contributed by atoms with E-state index >= 15 is 0 Å². The molecule has 1 N–H and O–H groups in total. The van der Waals surface area contributed by atoms with Crippen LogP contribution >= 0.6 is 0 Å². The molecule has 148 valence electrons. The zero-order valence-corrected chi connectivity index (χ0v) is 16.3. The van der Waals surface area contributed by atoms with E-state index in [4.69, 9.17) is 0 Å². The Morgan fingerprint density at radius 3 is 2.70 bits per heavy atom. The number of nitrogens with zero attached hydrogens (tertiary/aromatic N) is 5. The number of aryl methyl sites for hydroxylation is 1. The minimum atomic E-state index is -0.464. The van der Waals surface area contributed by atoms with Crippen molar-refractivity contribution in [2.45, 2.75) is 51.9 Å². The molecule has 1 fully saturated rings. The summed E-state index contributed by atoms with van der Waals surface area (Å²) in [5.41, 5.74) is 1.73. The van der Waals surface area contributed by atoms with E-state index in [-0.39, 0.29) is 17.8 Å². The normalized spacial score (nSPS) is 18.1. The maximum atomic E-state index is 12.4. The summed E-state index contributed by atoms with van der Waals surface area (Å²) in [5, 5.41) is 7.44. The molecule has 1 atom stereocenters. The molecule has 2 aliphatic heterocycles. The van der Waals surface area contributed by atoms with Crippen molar-refractivity contribution in [1.82, 2.24) is 29.8 Å². The number of amides is 4. The van der Waals surface area contributed by atoms with Crippen LogP contribution in [0.25, 0.3) is 0 Å². The molecule has 0 aliphatic carbocycles. The van der Waals surface area contributed by atoms with Crippen LogP contribution in [0.15, 0.2) is 6.07 Å². The first-order valence-electron chi connectivity index (χ1n) is 9.46. The molecule has 0 unspecified atom stereocenters. The Bertz CT molecular complexity index is 729. The molecule has 0 saturated carbocycles. The van der Waals surface area contributed by atoms with Crippen molar-refractivity contribution in [2.75, 3.05) is 27.2 Å². The average molecular weight is 376 g/mol. The Morgan fingerprint density at radius 1 is 1.26 bits per heavy atom. The molecule has 0 aromatic carbocycles. The number of nitrogens with one attached hydrogen (secondary N) is 1. The van der Waals surface area contributed by atoms with E-state index in [1.807, 2.05) is 15.6 Å². The van der Waals surface area contributed by atoms with Gasteiger partial charge in [0.25, 0.3) is 0 Å². The van der Waals surface area contributed by atoms with E-state index in [0.29, 0.717) is 32.6 Å². The Morgan fingerprint density at radius 2 is 2.04 bits per heavy atom. The summed E-state index contributed by atoms with van der Waals surface area (Å²) in [7, 11) is 3.50. The van der Waals surface area contributed by atoms with Gasteiger partial charge in [0.15, 0.2) is 0 Å². The van der Waals surface area contributed by atoms with Gasteiger partial charge in [-0.15, -0.1) is 0 Å². The molecule has 9 nitrogen and oxygen atoms in total. The first-order valence-corrected chi connectivity index (χ1v) is 9.46. The van der Waals surface area contributed by atoms with Crippen LogP contribution in [0.3, 0.4) is 0 Å². The number of fused-ring (bicyclic) bond motifs is 1. The second-order valence-corrected chi connectivity index (χ2v) is 7.39. The third-order valence-corrected chi connectivity index (χ3v) is 5.12. The molecule has 1 aromatic rings. The fourth-order valence-corrected chi connectivity index (χ4v) is 3.60. The van der Waals surface area contributed by atoms with Crippen molar-refractivity contribution in [2.24, 2.45) is 0 Å². The lowest BCUT2D eigenvalue weighted by Crippen LogP contribution is -2.45. The summed E-state index contributed by atoms with van der Waals surface area (Å²) >= 11 is 0. The van der Waals surface area contributed by atoms with Gasteiger partial charge < -0.3 is 20.0 Å². The molecule has 1 saturated heterocycles. The second kappa shape index (κ2) is 7.98. The molecular formula is C18H28N6O3. The van der Waals surface area contributed by atoms with Gasteiger partial charge in [-0.1, -0.05) is 0 Å². The molecular weight excluding hydrogens is 348 g/mol. The molecule has 0 bridgehead atoms. The van der Waals surface area contributed by atoms with Crippen molar-refractivity contribution < 1.29 is 14.4 Å². The van der Waals surface area contributed by atoms with Crippen LogP contribution in [0.5, 0.6) is 0 Å². The van der Waals surface area contributed by atoms with Gasteiger partial charge in [0.1, 0.15) is 6.04 Å². The number of rotatable bonds is 4. The van der Waals surface area contributed by atoms with Crippen molar-refractivity contribution >= 4 is 17.8 Å². The van der Waals surface area contributed by atoms with Gasteiger partial charge in [-0.3, -0.25) is 14.3 Å². The molecule has 3 heterocycles. The summed E-state index contributed by atoms with van der Waals surface area (Å²) < 4.78 is 1.91. The molecule has 27 heavy (non-hydrogen) atoms. The molecule has 1 aromatic heterocycles. The van der Waals surface area contributed by atoms with Crippen molar-refractivity contribution in [3.63, 3.8) is 0 Å². The lowest BCUT2D eigenvalue weighted by molar-refractivity contribution is -0.136. The quantitative estimate of drug-likeness (QED) is 0.823. The van der Waals surface area contributed by atoms with Crippen LogP contribution in [-0.4, -0.2) is 75.6 Å². The molecule has 9 heteroatoms. The van der Waals surface area contributed by atoms with Gasteiger partial charge in [0.05, 0.1) is 24.5 Å². The van der Waals surface area contributed by atoms with Gasteiger partial charge in [-0.05, 0) is 25.8 Å². The predicted molar refractivity (Wildman–Crippen MR) is 98.6 cm³/mol. The fourth-order valence-electron chi connectivity index (χ4n) is 3.60. The highest BCUT2D eigenvalue weighted by Crippen LogP contribution is 2.16. The molecule has 3 rings (SSSR count). The van der Waals surface area contributed by atoms with Crippen molar-refractivity contribution in [3.05, 3.63) is 17.5 Å². The Hall–Kier alpha value is -2.58. The number of aromatic nitrogens is 2. The minimum Gasteiger partial charge on any atom is -0.349 e. The zero-order valence-electron chi connectivity index (χ0n) is 16.3. The van der Waals surface area contributed by atoms with Crippen LogP contribution in [0.2, 0.25) is 0 Å². The van der Waals surface area contributed by atoms with Gasteiger partial charge in [-0.2, -0.15) is 5.10 Å². The molecule has 0 radical (unpaired) electrons. The summed E-state index contributed by atoms with van der Waals surface area (Å²) in [6.45, 7) is 4.67. The topological polar surface area (TPSA) is 90.8 Å². The SMILES string of the molecule is C[C@H](C(=O)NCc1cc2n(n1)CCCN(C(=O)N(C)C)C2)N1CCCC1=O. The van der Waals surface area contributed by atoms with Crippen LogP contribution in [0.1, 0.15) is 37.6 Å². The Kier molecular flexibility index (Phi) is 5.67. The van der Waals surface area contributed by atoms with Crippen molar-refractivity contribution in [3.8, 4) is 0 Å². The van der Waals surface area contributed by atoms with E-state index in [2.05, 4.69) is 10.4 Å². The van der Waals surface area contributed by atoms with Crippen LogP contribution in [0, 0.1) is 0 Å². The monoisotopic (exact) mass is 376 g/mol. The van der Waals surface area contributed by atoms with Gasteiger partial charge in [-0.25, -0.2) is 4.79 Å². The summed E-state index contributed by atoms with van der Waals surface area (Å²) in [6.07, 6.45) is 2.17. The lowest BCUT2D eigenvalue weighted by Gasteiger charge is -2.24. The van der Waals surface area contributed by atoms with Gasteiger partial charge >= 0.3 is 6.03 Å². The standard InChI is InChI=1S/C18H28N6O3/c1-13(23-8-4-6-16(23)25)17(26)19-11-14-10-15-12-22(18(27)21(2)3)7-5-9-24(15)20-14/h10,13H,4-9,11-12H2,1-3H3,(H,19,26)/t13-/m1/s1. The van der Waals surface area contributed by atoms with Crippen LogP contribution in [0.4, 0.5) is 4.79 Å². The number of carbonyl (C=O) groups excluding carboxylic acids is 3. The minimum absolute atomic E-state index is 0.0105. The van der Waals surface area contributed by atoms with Crippen LogP contribution in [-0.2, 0) is 29.2 Å². The largest absolute Gasteiger partial charge is 0.349 e. The zero-order chi connectivity index (χ0) is 19.6. The first kappa shape index (κ1) is 19.2. The number of likely N-dealkylation sites (tertiary alicyclic amines) is 1. The smallest absolute Gasteiger partial charge is 0.319 e. The number of hydrogen-bond acceptors (Lipinski definition) is 4. The van der Waals surface area contributed by atoms with Crippen LogP contribution < -0.4 is 5.32 Å². The third-order valence-electron chi connectivity index (χ3n) is 5.12. The van der Waals surface area contributed by atoms with E-state index in [0.717, 1.165) is 30.8 Å². The van der Waals surface area contributed by atoms with Crippen molar-refractivity contribution in [1.29, 1.82) is 0 Å². The first-order chi connectivity index (χ1) is 12.9. The van der Waals surface area contributed by atoms with E-state index < -0.39 is 6.04 Å². The highest BCUT2D eigenvalue weighted by atomic mass is 16.2. The highest BCUT2D eigenvalue weighted by Gasteiger charge is 2.29. The molecule has 2 aliphatic rings. The summed E-state index contributed by atoms with van der Waals surface area (Å²) in [4.78, 5) is 41.4. The molecule has 4 amide bonds. The van der Waals surface area contributed by atoms with Gasteiger partial charge in [0.2, 0.25) is 11.8 Å². The summed E-state index contributed by atoms with van der Waals surface area (Å²) in [6, 6.07) is 1.46. The second-order valence-electron chi connectivity index (χ2n) is 7.39. The predicted octanol–water partition coefficient (Wildman–Crippen LogP) is 0.398. The van der Waals surface area contributed by atoms with Gasteiger partial charge in [0, 0.05) is 40.2 Å². The summed E-state index contributed by atoms with van der Waals surface area (Å²) in [5.74, 6) is -0.130. The number of carbonyl (C=O) groups is 3. The maximum absolute atomic E-state index is 12.4. The highest BCUT2D eigenvalue weighted by molar-refractivity contribution is 5.88. The Labute approximate surface area is 159 Å². The average Bonchev–Trinajstić information content (AvgIpc) is 3.18. The maximum Gasteiger partial charge on any atom is 0.319 e. The Balaban J connectivity index is 1.59. The number of urea groups is 1. The third kappa shape index (κ3) is 4.23.